The highest BCUT2D eigenvalue weighted by Crippen LogP contribution is 2.35. The Hall–Kier alpha value is -1.92. The number of ether oxygens (including phenoxy) is 1. The molecule has 0 spiro atoms. The molecule has 0 saturated carbocycles. The lowest BCUT2D eigenvalue weighted by Gasteiger charge is -2.22. The van der Waals surface area contributed by atoms with Gasteiger partial charge in [-0.2, -0.15) is 0 Å². The molecule has 2 amide bonds. The number of amides is 2. The van der Waals surface area contributed by atoms with Gasteiger partial charge in [-0.15, -0.1) is 11.3 Å². The van der Waals surface area contributed by atoms with Crippen LogP contribution in [0.25, 0.3) is 10.1 Å². The van der Waals surface area contributed by atoms with E-state index in [0.29, 0.717) is 13.2 Å². The van der Waals surface area contributed by atoms with Gasteiger partial charge in [0.25, 0.3) is 0 Å². The monoisotopic (exact) mass is 289 g/mol. The molecule has 6 heteroatoms. The molecule has 1 atom stereocenters. The van der Waals surface area contributed by atoms with E-state index in [9.17, 15) is 4.79 Å². The van der Waals surface area contributed by atoms with E-state index in [-0.39, 0.29) is 17.9 Å². The number of carbonyl (C=O) groups excluding carboxylic acids is 1. The summed E-state index contributed by atoms with van der Waals surface area (Å²) < 4.78 is 6.22. The van der Waals surface area contributed by atoms with Crippen LogP contribution in [-0.4, -0.2) is 37.0 Å². The third-order valence-corrected chi connectivity index (χ3v) is 4.41. The summed E-state index contributed by atoms with van der Waals surface area (Å²) in [6.07, 6.45) is 0. The van der Waals surface area contributed by atoms with Gasteiger partial charge in [-0.3, -0.25) is 10.7 Å². The van der Waals surface area contributed by atoms with E-state index in [1.807, 2.05) is 23.6 Å². The standard InChI is InChI=1S/C14H15N3O2S/c1-19-7-6-17-12(13(15)16-14(17)18)10-8-20-11-5-3-2-4-9(10)11/h2-5,8,12H,6-7H2,1H3,(H2,15,16,18). The zero-order valence-electron chi connectivity index (χ0n) is 11.1. The minimum Gasteiger partial charge on any atom is -0.383 e. The maximum Gasteiger partial charge on any atom is 0.323 e. The van der Waals surface area contributed by atoms with E-state index < -0.39 is 0 Å². The molecule has 1 aromatic carbocycles. The Bertz CT molecular complexity index is 667. The molecule has 1 aliphatic heterocycles. The Morgan fingerprint density at radius 1 is 1.45 bits per heavy atom. The van der Waals surface area contributed by atoms with Gasteiger partial charge in [0, 0.05) is 23.9 Å². The van der Waals surface area contributed by atoms with E-state index in [1.165, 1.54) is 4.70 Å². The average Bonchev–Trinajstić information content (AvgIpc) is 2.97. The molecule has 104 valence electrons. The Balaban J connectivity index is 2.01. The van der Waals surface area contributed by atoms with Gasteiger partial charge in [0.1, 0.15) is 11.9 Å². The molecule has 2 heterocycles. The van der Waals surface area contributed by atoms with Crippen LogP contribution in [0.2, 0.25) is 0 Å². The molecular weight excluding hydrogens is 274 g/mol. The molecule has 1 aliphatic rings. The molecule has 5 nitrogen and oxygen atoms in total. The van der Waals surface area contributed by atoms with Gasteiger partial charge in [-0.1, -0.05) is 18.2 Å². The number of benzene rings is 1. The summed E-state index contributed by atoms with van der Waals surface area (Å²) in [6, 6.07) is 7.49. The minimum absolute atomic E-state index is 0.229. The fourth-order valence-corrected chi connectivity index (χ4v) is 3.46. The fraction of sp³-hybridized carbons (Fsp3) is 0.286. The van der Waals surface area contributed by atoms with E-state index in [1.54, 1.807) is 23.3 Å². The Kier molecular flexibility index (Phi) is 3.42. The van der Waals surface area contributed by atoms with Crippen molar-refractivity contribution in [1.82, 2.24) is 10.2 Å². The molecule has 1 fully saturated rings. The largest absolute Gasteiger partial charge is 0.383 e. The molecule has 0 radical (unpaired) electrons. The molecule has 0 bridgehead atoms. The molecule has 20 heavy (non-hydrogen) atoms. The summed E-state index contributed by atoms with van der Waals surface area (Å²) in [5, 5.41) is 13.8. The topological polar surface area (TPSA) is 65.4 Å². The first-order chi connectivity index (χ1) is 9.72. The van der Waals surface area contributed by atoms with Crippen molar-refractivity contribution >= 4 is 33.3 Å². The van der Waals surface area contributed by atoms with Crippen LogP contribution in [0.15, 0.2) is 29.6 Å². The van der Waals surface area contributed by atoms with Crippen molar-refractivity contribution in [3.63, 3.8) is 0 Å². The van der Waals surface area contributed by atoms with Crippen LogP contribution in [0.1, 0.15) is 11.6 Å². The predicted octanol–water partition coefficient (Wildman–Crippen LogP) is 2.59. The van der Waals surface area contributed by atoms with Crippen LogP contribution in [0.3, 0.4) is 0 Å². The molecule has 0 aliphatic carbocycles. The molecule has 1 saturated heterocycles. The maximum absolute atomic E-state index is 12.0. The number of methoxy groups -OCH3 is 1. The van der Waals surface area contributed by atoms with E-state index >= 15 is 0 Å². The molecule has 1 unspecified atom stereocenters. The van der Waals surface area contributed by atoms with Crippen LogP contribution in [0.5, 0.6) is 0 Å². The molecule has 3 rings (SSSR count). The zero-order chi connectivity index (χ0) is 14.1. The third kappa shape index (κ3) is 2.07. The van der Waals surface area contributed by atoms with Crippen LogP contribution in [0, 0.1) is 5.41 Å². The molecule has 2 aromatic rings. The third-order valence-electron chi connectivity index (χ3n) is 3.43. The minimum atomic E-state index is -0.339. The average molecular weight is 289 g/mol. The summed E-state index contributed by atoms with van der Waals surface area (Å²) in [5.74, 6) is 0.231. The quantitative estimate of drug-likeness (QED) is 0.908. The highest BCUT2D eigenvalue weighted by molar-refractivity contribution is 7.17. The summed E-state index contributed by atoms with van der Waals surface area (Å²) >= 11 is 1.64. The van der Waals surface area contributed by atoms with Gasteiger partial charge >= 0.3 is 6.03 Å². The van der Waals surface area contributed by atoms with Crippen LogP contribution in [-0.2, 0) is 4.74 Å². The maximum atomic E-state index is 12.0. The number of thiophene rings is 1. The Morgan fingerprint density at radius 2 is 2.25 bits per heavy atom. The van der Waals surface area contributed by atoms with E-state index in [2.05, 4.69) is 11.4 Å². The Morgan fingerprint density at radius 3 is 3.05 bits per heavy atom. The summed E-state index contributed by atoms with van der Waals surface area (Å²) in [6.45, 7) is 0.929. The highest BCUT2D eigenvalue weighted by atomic mass is 32.1. The molecule has 2 N–H and O–H groups in total. The number of fused-ring (bicyclic) bond motifs is 1. The summed E-state index contributed by atoms with van der Waals surface area (Å²) in [7, 11) is 1.61. The van der Waals surface area contributed by atoms with Gasteiger partial charge in [0.05, 0.1) is 6.61 Å². The number of hydrogen-bond acceptors (Lipinski definition) is 4. The van der Waals surface area contributed by atoms with Crippen molar-refractivity contribution in [2.24, 2.45) is 0 Å². The molecule has 1 aromatic heterocycles. The smallest absolute Gasteiger partial charge is 0.323 e. The lowest BCUT2D eigenvalue weighted by Crippen LogP contribution is -2.32. The predicted molar refractivity (Wildman–Crippen MR) is 79.4 cm³/mol. The number of rotatable bonds is 4. The van der Waals surface area contributed by atoms with Gasteiger partial charge < -0.3 is 9.64 Å². The van der Waals surface area contributed by atoms with Crippen molar-refractivity contribution in [2.45, 2.75) is 6.04 Å². The van der Waals surface area contributed by atoms with Crippen LogP contribution in [0.4, 0.5) is 4.79 Å². The first-order valence-electron chi connectivity index (χ1n) is 6.33. The van der Waals surface area contributed by atoms with Crippen LogP contribution >= 0.6 is 11.3 Å². The Labute approximate surface area is 120 Å². The number of nitrogens with zero attached hydrogens (tertiary/aromatic N) is 1. The zero-order valence-corrected chi connectivity index (χ0v) is 11.9. The molecular formula is C14H15N3O2S. The van der Waals surface area contributed by atoms with E-state index in [0.717, 1.165) is 10.9 Å². The van der Waals surface area contributed by atoms with Crippen molar-refractivity contribution < 1.29 is 9.53 Å². The van der Waals surface area contributed by atoms with Gasteiger partial charge in [-0.05, 0) is 16.8 Å². The first-order valence-corrected chi connectivity index (χ1v) is 7.21. The van der Waals surface area contributed by atoms with E-state index in [4.69, 9.17) is 10.1 Å². The van der Waals surface area contributed by atoms with Crippen molar-refractivity contribution in [3.8, 4) is 0 Å². The second-order valence-corrected chi connectivity index (χ2v) is 5.53. The number of hydrogen-bond donors (Lipinski definition) is 2. The second-order valence-electron chi connectivity index (χ2n) is 4.62. The van der Waals surface area contributed by atoms with Crippen molar-refractivity contribution in [2.75, 3.05) is 20.3 Å². The number of nitrogens with one attached hydrogen (secondary N) is 2. The normalized spacial score (nSPS) is 18.9. The van der Waals surface area contributed by atoms with Gasteiger partial charge in [0.15, 0.2) is 0 Å². The van der Waals surface area contributed by atoms with Crippen molar-refractivity contribution in [1.29, 1.82) is 5.41 Å². The first kappa shape index (κ1) is 13.1. The van der Waals surface area contributed by atoms with Crippen LogP contribution < -0.4 is 5.32 Å². The fourth-order valence-electron chi connectivity index (χ4n) is 2.48. The van der Waals surface area contributed by atoms with Gasteiger partial charge in [-0.25, -0.2) is 4.79 Å². The highest BCUT2D eigenvalue weighted by Gasteiger charge is 2.37. The lowest BCUT2D eigenvalue weighted by atomic mass is 10.0. The SMILES string of the molecule is COCCN1C(=O)NC(=N)C1c1csc2ccccc12. The number of carbonyl (C=O) groups is 1. The number of urea groups is 1. The number of amidine groups is 1. The summed E-state index contributed by atoms with van der Waals surface area (Å²) in [5.41, 5.74) is 1.00. The second kappa shape index (κ2) is 5.22. The lowest BCUT2D eigenvalue weighted by molar-refractivity contribution is 0.151. The van der Waals surface area contributed by atoms with Gasteiger partial charge in [0.2, 0.25) is 0 Å². The van der Waals surface area contributed by atoms with Crippen molar-refractivity contribution in [3.05, 3.63) is 35.2 Å². The summed E-state index contributed by atoms with van der Waals surface area (Å²) in [4.78, 5) is 13.6.